The first-order valence-corrected chi connectivity index (χ1v) is 8.09. The third kappa shape index (κ3) is 3.02. The Morgan fingerprint density at radius 1 is 1.37 bits per heavy atom. The summed E-state index contributed by atoms with van der Waals surface area (Å²) in [5, 5.41) is 6.66. The van der Waals surface area contributed by atoms with Crippen LogP contribution in [0.4, 0.5) is 0 Å². The molecule has 100 valence electrons. The fourth-order valence-electron chi connectivity index (χ4n) is 2.09. The van der Waals surface area contributed by atoms with Gasteiger partial charge < -0.3 is 0 Å². The van der Waals surface area contributed by atoms with Crippen molar-refractivity contribution in [2.24, 2.45) is 0 Å². The standard InChI is InChI=1S/C13H14N2O2S2/c16-12(15-17-10-3-1-2-4-10)11-8-19-13(14-11)9-5-6-18-7-9/h5-8,10H,1-4H2,(H,15,16). The molecule has 0 unspecified atom stereocenters. The van der Waals surface area contributed by atoms with Crippen LogP contribution in [0.3, 0.4) is 0 Å². The quantitative estimate of drug-likeness (QED) is 0.878. The Hall–Kier alpha value is -1.24. The number of nitrogens with one attached hydrogen (secondary N) is 1. The van der Waals surface area contributed by atoms with Crippen LogP contribution < -0.4 is 5.48 Å². The lowest BCUT2D eigenvalue weighted by atomic mass is 10.3. The Balaban J connectivity index is 1.60. The summed E-state index contributed by atoms with van der Waals surface area (Å²) >= 11 is 3.09. The molecule has 0 atom stereocenters. The molecule has 1 saturated carbocycles. The predicted molar refractivity (Wildman–Crippen MR) is 76.2 cm³/mol. The van der Waals surface area contributed by atoms with Gasteiger partial charge in [-0.3, -0.25) is 9.63 Å². The van der Waals surface area contributed by atoms with E-state index in [2.05, 4.69) is 10.5 Å². The molecule has 6 heteroatoms. The minimum Gasteiger partial charge on any atom is -0.270 e. The second-order valence-corrected chi connectivity index (χ2v) is 6.14. The Kier molecular flexibility index (Phi) is 3.91. The van der Waals surface area contributed by atoms with Crippen LogP contribution in [0.5, 0.6) is 0 Å². The van der Waals surface area contributed by atoms with Crippen molar-refractivity contribution >= 4 is 28.6 Å². The number of rotatable bonds is 4. The molecule has 1 aliphatic rings. The van der Waals surface area contributed by atoms with Crippen LogP contribution in [0.2, 0.25) is 0 Å². The van der Waals surface area contributed by atoms with E-state index in [1.807, 2.05) is 16.8 Å². The molecule has 1 fully saturated rings. The molecule has 19 heavy (non-hydrogen) atoms. The summed E-state index contributed by atoms with van der Waals surface area (Å²) in [6.45, 7) is 0. The number of thiophene rings is 1. The van der Waals surface area contributed by atoms with E-state index in [4.69, 9.17) is 4.84 Å². The molecular weight excluding hydrogens is 280 g/mol. The van der Waals surface area contributed by atoms with Crippen molar-refractivity contribution in [2.45, 2.75) is 31.8 Å². The van der Waals surface area contributed by atoms with Crippen LogP contribution in [0.25, 0.3) is 10.6 Å². The van der Waals surface area contributed by atoms with Gasteiger partial charge in [0, 0.05) is 16.3 Å². The van der Waals surface area contributed by atoms with E-state index >= 15 is 0 Å². The Labute approximate surface area is 119 Å². The highest BCUT2D eigenvalue weighted by Gasteiger charge is 2.18. The van der Waals surface area contributed by atoms with Crippen molar-refractivity contribution in [3.05, 3.63) is 27.9 Å². The average Bonchev–Trinajstić information content (AvgIpc) is 3.14. The summed E-state index contributed by atoms with van der Waals surface area (Å²) in [4.78, 5) is 21.6. The van der Waals surface area contributed by atoms with Crippen molar-refractivity contribution in [3.8, 4) is 10.6 Å². The zero-order chi connectivity index (χ0) is 13.1. The van der Waals surface area contributed by atoms with Crippen LogP contribution in [0, 0.1) is 0 Å². The lowest BCUT2D eigenvalue weighted by Gasteiger charge is -2.09. The van der Waals surface area contributed by atoms with Gasteiger partial charge >= 0.3 is 0 Å². The predicted octanol–water partition coefficient (Wildman–Crippen LogP) is 3.48. The number of hydrogen-bond acceptors (Lipinski definition) is 5. The van der Waals surface area contributed by atoms with Gasteiger partial charge in [0.25, 0.3) is 5.91 Å². The van der Waals surface area contributed by atoms with Gasteiger partial charge in [0.05, 0.1) is 6.10 Å². The zero-order valence-corrected chi connectivity index (χ0v) is 11.9. The third-order valence-electron chi connectivity index (χ3n) is 3.13. The fraction of sp³-hybridized carbons (Fsp3) is 0.385. The highest BCUT2D eigenvalue weighted by Crippen LogP contribution is 2.25. The number of carbonyl (C=O) groups excluding carboxylic acids is 1. The van der Waals surface area contributed by atoms with Crippen molar-refractivity contribution in [1.82, 2.24) is 10.5 Å². The first kappa shape index (κ1) is 12.8. The molecule has 3 rings (SSSR count). The molecule has 1 N–H and O–H groups in total. The minimum atomic E-state index is -0.260. The molecule has 0 radical (unpaired) electrons. The highest BCUT2D eigenvalue weighted by atomic mass is 32.1. The fourth-order valence-corrected chi connectivity index (χ4v) is 3.60. The first-order valence-electron chi connectivity index (χ1n) is 6.27. The normalized spacial score (nSPS) is 15.8. The van der Waals surface area contributed by atoms with Gasteiger partial charge in [0.2, 0.25) is 0 Å². The van der Waals surface area contributed by atoms with E-state index < -0.39 is 0 Å². The Morgan fingerprint density at radius 3 is 2.95 bits per heavy atom. The van der Waals surface area contributed by atoms with Gasteiger partial charge in [-0.1, -0.05) is 12.8 Å². The first-order chi connectivity index (χ1) is 9.33. The number of nitrogens with zero attached hydrogens (tertiary/aromatic N) is 1. The second kappa shape index (κ2) is 5.81. The van der Waals surface area contributed by atoms with E-state index in [1.54, 1.807) is 16.7 Å². The van der Waals surface area contributed by atoms with Gasteiger partial charge in [0.1, 0.15) is 10.7 Å². The summed E-state index contributed by atoms with van der Waals surface area (Å²) in [6, 6.07) is 2.00. The van der Waals surface area contributed by atoms with Crippen LogP contribution in [-0.2, 0) is 4.84 Å². The topological polar surface area (TPSA) is 51.2 Å². The lowest BCUT2D eigenvalue weighted by Crippen LogP contribution is -2.28. The van der Waals surface area contributed by atoms with E-state index in [-0.39, 0.29) is 12.0 Å². The molecule has 4 nitrogen and oxygen atoms in total. The maximum Gasteiger partial charge on any atom is 0.294 e. The number of aromatic nitrogens is 1. The average molecular weight is 294 g/mol. The van der Waals surface area contributed by atoms with Gasteiger partial charge in [-0.2, -0.15) is 11.3 Å². The summed E-state index contributed by atoms with van der Waals surface area (Å²) in [6.07, 6.45) is 4.58. The maximum absolute atomic E-state index is 11.9. The van der Waals surface area contributed by atoms with Gasteiger partial charge in [-0.15, -0.1) is 11.3 Å². The molecule has 0 saturated heterocycles. The SMILES string of the molecule is O=C(NOC1CCCC1)c1csc(-c2ccsc2)n1. The maximum atomic E-state index is 11.9. The number of hydroxylamine groups is 1. The monoisotopic (exact) mass is 294 g/mol. The number of hydrogen-bond donors (Lipinski definition) is 1. The smallest absolute Gasteiger partial charge is 0.270 e. The molecule has 2 aromatic heterocycles. The van der Waals surface area contributed by atoms with Crippen LogP contribution >= 0.6 is 22.7 Å². The van der Waals surface area contributed by atoms with Gasteiger partial charge in [0.15, 0.2) is 0 Å². The largest absolute Gasteiger partial charge is 0.294 e. The number of thiazole rings is 1. The third-order valence-corrected chi connectivity index (χ3v) is 4.70. The van der Waals surface area contributed by atoms with E-state index in [1.165, 1.54) is 24.2 Å². The molecule has 1 aliphatic carbocycles. The molecule has 1 amide bonds. The van der Waals surface area contributed by atoms with E-state index in [0.29, 0.717) is 5.69 Å². The van der Waals surface area contributed by atoms with Gasteiger partial charge in [-0.05, 0) is 24.3 Å². The molecule has 2 heterocycles. The summed E-state index contributed by atoms with van der Waals surface area (Å²) in [5.74, 6) is -0.260. The zero-order valence-electron chi connectivity index (χ0n) is 10.3. The lowest BCUT2D eigenvalue weighted by molar-refractivity contribution is -0.0127. The van der Waals surface area contributed by atoms with Gasteiger partial charge in [-0.25, -0.2) is 10.5 Å². The Morgan fingerprint density at radius 2 is 2.21 bits per heavy atom. The number of carbonyl (C=O) groups is 1. The summed E-state index contributed by atoms with van der Waals surface area (Å²) in [7, 11) is 0. The van der Waals surface area contributed by atoms with E-state index in [9.17, 15) is 4.79 Å². The van der Waals surface area contributed by atoms with Crippen LogP contribution in [0.1, 0.15) is 36.2 Å². The molecule has 0 spiro atoms. The minimum absolute atomic E-state index is 0.166. The molecule has 0 bridgehead atoms. The molecular formula is C13H14N2O2S2. The molecule has 2 aromatic rings. The second-order valence-electron chi connectivity index (χ2n) is 4.51. The van der Waals surface area contributed by atoms with Crippen LogP contribution in [0.15, 0.2) is 22.2 Å². The number of amides is 1. The van der Waals surface area contributed by atoms with Crippen molar-refractivity contribution in [2.75, 3.05) is 0 Å². The van der Waals surface area contributed by atoms with Crippen LogP contribution in [-0.4, -0.2) is 17.0 Å². The van der Waals surface area contributed by atoms with Crippen molar-refractivity contribution in [1.29, 1.82) is 0 Å². The Bertz CT molecular complexity index is 545. The molecule has 0 aliphatic heterocycles. The summed E-state index contributed by atoms with van der Waals surface area (Å²) < 4.78 is 0. The van der Waals surface area contributed by atoms with Crippen molar-refractivity contribution in [3.63, 3.8) is 0 Å². The molecule has 0 aromatic carbocycles. The van der Waals surface area contributed by atoms with Crippen molar-refractivity contribution < 1.29 is 9.63 Å². The highest BCUT2D eigenvalue weighted by molar-refractivity contribution is 7.14. The van der Waals surface area contributed by atoms with E-state index in [0.717, 1.165) is 23.4 Å². The summed E-state index contributed by atoms with van der Waals surface area (Å²) in [5.41, 5.74) is 3.99.